The third kappa shape index (κ3) is 4.90. The van der Waals surface area contributed by atoms with Crippen LogP contribution in [0.3, 0.4) is 0 Å². The lowest BCUT2D eigenvalue weighted by Gasteiger charge is -2.35. The van der Waals surface area contributed by atoms with Crippen molar-refractivity contribution in [1.29, 1.82) is 0 Å². The number of hydrogen-bond acceptors (Lipinski definition) is 7. The van der Waals surface area contributed by atoms with Crippen molar-refractivity contribution < 1.29 is 33.0 Å². The monoisotopic (exact) mass is 389 g/mol. The molecule has 2 heterocycles. The smallest absolute Gasteiger partial charge is 0.344 e. The molecule has 28 heavy (non-hydrogen) atoms. The maximum absolute atomic E-state index is 12.7. The Morgan fingerprint density at radius 2 is 1.89 bits per heavy atom. The predicted octanol–water partition coefficient (Wildman–Crippen LogP) is 2.91. The molecule has 1 amide bonds. The Bertz CT molecular complexity index is 777. The van der Waals surface area contributed by atoms with Gasteiger partial charge < -0.3 is 28.7 Å². The van der Waals surface area contributed by atoms with E-state index in [-0.39, 0.29) is 25.7 Å². The van der Waals surface area contributed by atoms with E-state index in [0.717, 1.165) is 0 Å². The van der Waals surface area contributed by atoms with E-state index in [4.69, 9.17) is 23.4 Å². The summed E-state index contributed by atoms with van der Waals surface area (Å²) in [4.78, 5) is 24.0. The van der Waals surface area contributed by atoms with Gasteiger partial charge in [0.1, 0.15) is 5.75 Å². The summed E-state index contributed by atoms with van der Waals surface area (Å²) in [6, 6.07) is 10.2. The normalized spacial score (nSPS) is 21.7. The lowest BCUT2D eigenvalue weighted by Crippen LogP contribution is -2.45. The second kappa shape index (κ2) is 8.90. The van der Waals surface area contributed by atoms with Crippen LogP contribution in [0.2, 0.25) is 0 Å². The summed E-state index contributed by atoms with van der Waals surface area (Å²) in [5.41, 5.74) is -0.231. The van der Waals surface area contributed by atoms with Crippen LogP contribution in [0.25, 0.3) is 0 Å². The fourth-order valence-electron chi connectivity index (χ4n) is 2.59. The molecule has 1 N–H and O–H groups in total. The van der Waals surface area contributed by atoms with E-state index in [2.05, 4.69) is 5.32 Å². The van der Waals surface area contributed by atoms with Gasteiger partial charge in [-0.3, -0.25) is 4.79 Å². The summed E-state index contributed by atoms with van der Waals surface area (Å²) in [6.45, 7) is 4.05. The Balaban J connectivity index is 1.51. The second-order valence-electron chi connectivity index (χ2n) is 6.60. The van der Waals surface area contributed by atoms with Gasteiger partial charge in [-0.1, -0.05) is 0 Å². The average molecular weight is 389 g/mol. The Hall–Kier alpha value is -2.84. The van der Waals surface area contributed by atoms with Gasteiger partial charge in [0.2, 0.25) is 12.2 Å². The molecule has 150 valence electrons. The first-order valence-electron chi connectivity index (χ1n) is 8.97. The van der Waals surface area contributed by atoms with E-state index in [0.29, 0.717) is 23.8 Å². The van der Waals surface area contributed by atoms with Crippen LogP contribution in [0.4, 0.5) is 5.69 Å². The van der Waals surface area contributed by atoms with Gasteiger partial charge in [-0.15, -0.1) is 0 Å². The maximum atomic E-state index is 12.7. The molecule has 8 nitrogen and oxygen atoms in total. The maximum Gasteiger partial charge on any atom is 0.344 e. The molecule has 0 atom stereocenters. The van der Waals surface area contributed by atoms with E-state index in [1.165, 1.54) is 0 Å². The van der Waals surface area contributed by atoms with E-state index in [9.17, 15) is 9.59 Å². The fourth-order valence-corrected chi connectivity index (χ4v) is 2.59. The number of carbonyl (C=O) groups excluding carboxylic acids is 2. The zero-order valence-electron chi connectivity index (χ0n) is 15.8. The number of furan rings is 1. The minimum absolute atomic E-state index is 0.164. The van der Waals surface area contributed by atoms with Crippen LogP contribution in [0, 0.1) is 5.41 Å². The first-order chi connectivity index (χ1) is 13.5. The van der Waals surface area contributed by atoms with Crippen molar-refractivity contribution in [2.75, 3.05) is 31.7 Å². The molecule has 0 saturated carbocycles. The van der Waals surface area contributed by atoms with Crippen molar-refractivity contribution in [1.82, 2.24) is 0 Å². The van der Waals surface area contributed by atoms with Crippen LogP contribution in [-0.4, -0.2) is 38.3 Å². The summed E-state index contributed by atoms with van der Waals surface area (Å²) >= 11 is 0. The van der Waals surface area contributed by atoms with Crippen molar-refractivity contribution >= 4 is 17.6 Å². The highest BCUT2D eigenvalue weighted by molar-refractivity contribution is 5.95. The molecule has 1 aliphatic heterocycles. The number of benzene rings is 1. The topological polar surface area (TPSA) is 96.2 Å². The number of nitrogens with one attached hydrogen (secondary N) is 1. The number of esters is 1. The zero-order chi connectivity index (χ0) is 20.0. The Kier molecular flexibility index (Phi) is 6.33. The molecular weight excluding hydrogens is 366 g/mol. The van der Waals surface area contributed by atoms with Crippen LogP contribution in [0.1, 0.15) is 25.9 Å². The third-order valence-corrected chi connectivity index (χ3v) is 4.20. The first-order valence-corrected chi connectivity index (χ1v) is 8.97. The minimum atomic E-state index is -0.831. The number of hydrogen-bond donors (Lipinski definition) is 1. The van der Waals surface area contributed by atoms with Gasteiger partial charge in [-0.25, -0.2) is 4.79 Å². The minimum Gasteiger partial charge on any atom is -0.482 e. The summed E-state index contributed by atoms with van der Waals surface area (Å²) in [6.07, 6.45) is 0.939. The first kappa shape index (κ1) is 19.9. The zero-order valence-corrected chi connectivity index (χ0v) is 15.8. The number of carbonyl (C=O) groups is 2. The molecule has 0 aliphatic carbocycles. The highest BCUT2D eigenvalue weighted by Crippen LogP contribution is 2.32. The molecule has 3 rings (SSSR count). The van der Waals surface area contributed by atoms with Gasteiger partial charge in [-0.2, -0.15) is 0 Å². The molecule has 1 aliphatic rings. The lowest BCUT2D eigenvalue weighted by atomic mass is 9.90. The third-order valence-electron chi connectivity index (χ3n) is 4.20. The van der Waals surface area contributed by atoms with E-state index < -0.39 is 17.7 Å². The van der Waals surface area contributed by atoms with Gasteiger partial charge in [0.05, 0.1) is 31.5 Å². The highest BCUT2D eigenvalue weighted by atomic mass is 16.7. The van der Waals surface area contributed by atoms with E-state index in [1.54, 1.807) is 56.5 Å². The Morgan fingerprint density at radius 3 is 2.50 bits per heavy atom. The molecule has 1 fully saturated rings. The van der Waals surface area contributed by atoms with Gasteiger partial charge in [0.25, 0.3) is 0 Å². The number of anilines is 1. The van der Waals surface area contributed by atoms with Gasteiger partial charge in [0.15, 0.2) is 12.4 Å². The molecule has 0 spiro atoms. The SMILES string of the molecule is CCOC(=O)COc1ccc(NC(=O)C2(C)COC(c3ccco3)OC2)cc1. The van der Waals surface area contributed by atoms with Crippen molar-refractivity contribution in [3.05, 3.63) is 48.4 Å². The lowest BCUT2D eigenvalue weighted by molar-refractivity contribution is -0.232. The van der Waals surface area contributed by atoms with Gasteiger partial charge in [0, 0.05) is 5.69 Å². The molecule has 1 saturated heterocycles. The van der Waals surface area contributed by atoms with Crippen LogP contribution >= 0.6 is 0 Å². The molecular formula is C20H23NO7. The van der Waals surface area contributed by atoms with Gasteiger partial charge in [-0.05, 0) is 50.2 Å². The molecule has 2 aromatic rings. The Labute approximate surface area is 162 Å². The highest BCUT2D eigenvalue weighted by Gasteiger charge is 2.40. The largest absolute Gasteiger partial charge is 0.482 e. The molecule has 1 aromatic carbocycles. The fraction of sp³-hybridized carbons (Fsp3) is 0.400. The molecule has 0 unspecified atom stereocenters. The van der Waals surface area contributed by atoms with Crippen molar-refractivity contribution in [3.63, 3.8) is 0 Å². The van der Waals surface area contributed by atoms with Crippen molar-refractivity contribution in [2.24, 2.45) is 5.41 Å². The van der Waals surface area contributed by atoms with Gasteiger partial charge >= 0.3 is 5.97 Å². The quantitative estimate of drug-likeness (QED) is 0.727. The number of amides is 1. The predicted molar refractivity (Wildman–Crippen MR) is 98.7 cm³/mol. The van der Waals surface area contributed by atoms with Crippen molar-refractivity contribution in [2.45, 2.75) is 20.1 Å². The standard InChI is InChI=1S/C20H23NO7/c1-3-24-17(22)11-26-15-8-6-14(7-9-15)21-19(23)20(2)12-27-18(28-13-20)16-5-4-10-25-16/h4-10,18H,3,11-13H2,1-2H3,(H,21,23). The molecule has 0 bridgehead atoms. The summed E-state index contributed by atoms with van der Waals surface area (Å²) in [5, 5.41) is 2.84. The summed E-state index contributed by atoms with van der Waals surface area (Å²) in [5.74, 6) is 0.423. The summed E-state index contributed by atoms with van der Waals surface area (Å²) in [7, 11) is 0. The molecule has 8 heteroatoms. The Morgan fingerprint density at radius 1 is 1.18 bits per heavy atom. The van der Waals surface area contributed by atoms with Crippen LogP contribution in [0.15, 0.2) is 47.1 Å². The van der Waals surface area contributed by atoms with E-state index >= 15 is 0 Å². The van der Waals surface area contributed by atoms with Crippen LogP contribution in [-0.2, 0) is 23.8 Å². The second-order valence-corrected chi connectivity index (χ2v) is 6.60. The molecule has 0 radical (unpaired) electrons. The van der Waals surface area contributed by atoms with Crippen LogP contribution < -0.4 is 10.1 Å². The number of ether oxygens (including phenoxy) is 4. The number of rotatable bonds is 7. The average Bonchev–Trinajstić information content (AvgIpc) is 3.23. The van der Waals surface area contributed by atoms with Crippen LogP contribution in [0.5, 0.6) is 5.75 Å². The van der Waals surface area contributed by atoms with Crippen molar-refractivity contribution in [3.8, 4) is 5.75 Å². The molecule has 1 aromatic heterocycles. The van der Waals surface area contributed by atoms with E-state index in [1.807, 2.05) is 0 Å². The summed E-state index contributed by atoms with van der Waals surface area (Å²) < 4.78 is 26.7.